The molecule has 0 saturated heterocycles. The zero-order chi connectivity index (χ0) is 2.00. The molecule has 0 atom stereocenters. The molecular formula is H2CuKOPZn. The van der Waals surface area contributed by atoms with Crippen LogP contribution >= 0.6 is 9.12 Å². The van der Waals surface area contributed by atoms with Crippen LogP contribution in [0.5, 0.6) is 0 Å². The molecule has 1 nitrogen and oxygen atoms in total. The van der Waals surface area contributed by atoms with Crippen LogP contribution in [0.1, 0.15) is 1.43 Å². The molecule has 0 aliphatic rings. The SMILES string of the molecule is O=P.[Cu].[H-].[K+].[Zn]. The fourth-order valence-electron chi connectivity index (χ4n) is 0. The van der Waals surface area contributed by atoms with E-state index in [0.717, 1.165) is 0 Å². The van der Waals surface area contributed by atoms with Gasteiger partial charge in [-0.2, -0.15) is 0 Å². The van der Waals surface area contributed by atoms with E-state index in [4.69, 9.17) is 4.57 Å². The van der Waals surface area contributed by atoms with Crippen molar-refractivity contribution in [3.8, 4) is 0 Å². The number of hydrogen-bond acceptors (Lipinski definition) is 1. The van der Waals surface area contributed by atoms with Gasteiger partial charge < -0.3 is 1.43 Å². The van der Waals surface area contributed by atoms with Crippen molar-refractivity contribution in [2.75, 3.05) is 0 Å². The molecule has 0 aromatic heterocycles. The molecule has 0 amide bonds. The number of rotatable bonds is 0. The van der Waals surface area contributed by atoms with Crippen molar-refractivity contribution in [2.24, 2.45) is 0 Å². The summed E-state index contributed by atoms with van der Waals surface area (Å²) >= 11 is 0. The first-order chi connectivity index (χ1) is 1.00. The van der Waals surface area contributed by atoms with Crippen LogP contribution in [0.2, 0.25) is 0 Å². The van der Waals surface area contributed by atoms with E-state index in [9.17, 15) is 0 Å². The molecule has 1 radical (unpaired) electrons. The Bertz CT molecular complexity index is 15.5. The average molecular weight is 217 g/mol. The van der Waals surface area contributed by atoms with Gasteiger partial charge in [-0.05, 0) is 0 Å². The molecule has 5 heteroatoms. The van der Waals surface area contributed by atoms with Crippen molar-refractivity contribution >= 4 is 9.12 Å². The van der Waals surface area contributed by atoms with E-state index < -0.39 is 0 Å². The molecule has 0 bridgehead atoms. The van der Waals surface area contributed by atoms with Gasteiger partial charge in [0.15, 0.2) is 0 Å². The monoisotopic (exact) mass is 215 g/mol. The predicted molar refractivity (Wildman–Crippen MR) is 10.1 cm³/mol. The van der Waals surface area contributed by atoms with Gasteiger partial charge in [-0.25, -0.2) is 0 Å². The smallest absolute Gasteiger partial charge is 1.00 e. The van der Waals surface area contributed by atoms with Crippen molar-refractivity contribution in [1.82, 2.24) is 0 Å². The summed E-state index contributed by atoms with van der Waals surface area (Å²) in [6.45, 7) is 0. The van der Waals surface area contributed by atoms with Crippen LogP contribution in [-0.2, 0) is 41.1 Å². The maximum absolute atomic E-state index is 8.06. The second kappa shape index (κ2) is 28.7. The fourth-order valence-corrected chi connectivity index (χ4v) is 0. The van der Waals surface area contributed by atoms with Gasteiger partial charge in [0.05, 0.1) is 0 Å². The van der Waals surface area contributed by atoms with Gasteiger partial charge in [0.25, 0.3) is 0 Å². The number of hydrogen-bond donors (Lipinski definition) is 0. The van der Waals surface area contributed by atoms with Crippen LogP contribution in [0.25, 0.3) is 0 Å². The van der Waals surface area contributed by atoms with Crippen LogP contribution in [0, 0.1) is 0 Å². The van der Waals surface area contributed by atoms with E-state index in [1.54, 1.807) is 9.12 Å². The molecule has 0 aliphatic heterocycles. The quantitative estimate of drug-likeness (QED) is 0.326. The molecule has 0 N–H and O–H groups in total. The molecule has 0 spiro atoms. The molecule has 27 valence electrons. The summed E-state index contributed by atoms with van der Waals surface area (Å²) in [4.78, 5) is 0. The second-order valence-electron chi connectivity index (χ2n) is 0. The molecule has 0 saturated carbocycles. The Balaban J connectivity index is -0.000000000833. The average Bonchev–Trinajstić information content (AvgIpc) is 1.00. The summed E-state index contributed by atoms with van der Waals surface area (Å²) in [5.74, 6) is 0. The Morgan fingerprint density at radius 1 is 1.40 bits per heavy atom. The molecule has 0 unspecified atom stereocenters. The summed E-state index contributed by atoms with van der Waals surface area (Å²) in [5.41, 5.74) is 0. The van der Waals surface area contributed by atoms with E-state index in [2.05, 4.69) is 0 Å². The van der Waals surface area contributed by atoms with Gasteiger partial charge in [0.1, 0.15) is 9.12 Å². The third-order valence-corrected chi connectivity index (χ3v) is 0. The van der Waals surface area contributed by atoms with Crippen molar-refractivity contribution in [2.45, 2.75) is 0 Å². The summed E-state index contributed by atoms with van der Waals surface area (Å²) < 4.78 is 8.06. The molecule has 0 aromatic rings. The third-order valence-electron chi connectivity index (χ3n) is 0. The Morgan fingerprint density at radius 2 is 1.40 bits per heavy atom. The van der Waals surface area contributed by atoms with Gasteiger partial charge >= 0.3 is 51.4 Å². The van der Waals surface area contributed by atoms with Crippen LogP contribution < -0.4 is 51.4 Å². The minimum atomic E-state index is 0. The van der Waals surface area contributed by atoms with Gasteiger partial charge in [-0.15, -0.1) is 0 Å². The third kappa shape index (κ3) is 19.8. The van der Waals surface area contributed by atoms with Crippen LogP contribution in [0.15, 0.2) is 0 Å². The van der Waals surface area contributed by atoms with Crippen LogP contribution in [0.4, 0.5) is 0 Å². The van der Waals surface area contributed by atoms with Crippen molar-refractivity contribution < 1.29 is 93.9 Å². The van der Waals surface area contributed by atoms with Crippen LogP contribution in [-0.4, -0.2) is 0 Å². The minimum Gasteiger partial charge on any atom is -1.00 e. The van der Waals surface area contributed by atoms with Crippen LogP contribution in [0.3, 0.4) is 0 Å². The molecule has 0 fully saturated rings. The molecule has 0 heterocycles. The standard InChI is InChI=1S/Cu.K.HOP.Zn.H/c;;1-2;;/h;;2H;;/q;+1;;;-1. The van der Waals surface area contributed by atoms with E-state index in [0.29, 0.717) is 0 Å². The topological polar surface area (TPSA) is 17.1 Å². The maximum atomic E-state index is 8.06. The minimum absolute atomic E-state index is 0. The van der Waals surface area contributed by atoms with E-state index in [-0.39, 0.29) is 89.4 Å². The van der Waals surface area contributed by atoms with Gasteiger partial charge in [-0.3, -0.25) is 4.57 Å². The first-order valence-electron chi connectivity index (χ1n) is 0.204. The van der Waals surface area contributed by atoms with Crippen molar-refractivity contribution in [3.63, 3.8) is 0 Å². The van der Waals surface area contributed by atoms with Gasteiger partial charge in [-0.1, -0.05) is 0 Å². The first-order valence-corrected chi connectivity index (χ1v) is 0.612. The zero-order valence-electron chi connectivity index (χ0n) is 3.92. The molecule has 0 aliphatic carbocycles. The largest absolute Gasteiger partial charge is 1.00 e. The molecule has 5 heavy (non-hydrogen) atoms. The second-order valence-corrected chi connectivity index (χ2v) is 0. The summed E-state index contributed by atoms with van der Waals surface area (Å²) in [7, 11) is 1.72. The fraction of sp³-hybridized carbons (Fsp3) is 0. The normalized spacial score (nSPS) is 0.800. The van der Waals surface area contributed by atoms with Crippen molar-refractivity contribution in [3.05, 3.63) is 0 Å². The molecule has 0 aromatic carbocycles. The Kier molecular flexibility index (Phi) is 142. The predicted octanol–water partition coefficient (Wildman–Crippen LogP) is -2.41. The molecule has 0 rings (SSSR count). The maximum Gasteiger partial charge on any atom is 1.00 e. The Labute approximate surface area is 101 Å². The van der Waals surface area contributed by atoms with Gasteiger partial charge in [0.2, 0.25) is 0 Å². The summed E-state index contributed by atoms with van der Waals surface area (Å²) in [5, 5.41) is 0. The summed E-state index contributed by atoms with van der Waals surface area (Å²) in [6, 6.07) is 0. The van der Waals surface area contributed by atoms with Gasteiger partial charge in [0, 0.05) is 36.5 Å². The first kappa shape index (κ1) is 24.8. The van der Waals surface area contributed by atoms with E-state index in [1.165, 1.54) is 0 Å². The van der Waals surface area contributed by atoms with E-state index in [1.807, 2.05) is 0 Å². The van der Waals surface area contributed by atoms with E-state index >= 15 is 0 Å². The Hall–Kier alpha value is 2.88. The zero-order valence-corrected chi connectivity index (χ0v) is 10.9. The summed E-state index contributed by atoms with van der Waals surface area (Å²) in [6.07, 6.45) is 0. The molecular weight excluding hydrogens is 215 g/mol. The Morgan fingerprint density at radius 3 is 1.40 bits per heavy atom. The van der Waals surface area contributed by atoms with Crippen molar-refractivity contribution in [1.29, 1.82) is 0 Å².